The number of benzene rings is 3. The summed E-state index contributed by atoms with van der Waals surface area (Å²) in [5.74, 6) is 2.86. The quantitative estimate of drug-likeness (QED) is 0.429. The lowest BCUT2D eigenvalue weighted by molar-refractivity contribution is 0.354. The zero-order valence-electron chi connectivity index (χ0n) is 17.7. The lowest BCUT2D eigenvalue weighted by atomic mass is 10.1. The highest BCUT2D eigenvalue weighted by Crippen LogP contribution is 2.33. The predicted octanol–water partition coefficient (Wildman–Crippen LogP) is 6.06. The van der Waals surface area contributed by atoms with Crippen LogP contribution in [0, 0.1) is 0 Å². The van der Waals surface area contributed by atoms with Gasteiger partial charge in [0.25, 0.3) is 0 Å². The molecule has 0 fully saturated rings. The monoisotopic (exact) mass is 402 g/mol. The molecule has 0 aliphatic heterocycles. The summed E-state index contributed by atoms with van der Waals surface area (Å²) in [5, 5.41) is 0. The van der Waals surface area contributed by atoms with E-state index in [1.807, 2.05) is 54.6 Å². The van der Waals surface area contributed by atoms with Gasteiger partial charge in [-0.25, -0.2) is 0 Å². The molecule has 0 N–H and O–H groups in total. The van der Waals surface area contributed by atoms with Gasteiger partial charge in [0.2, 0.25) is 0 Å². The second-order valence-electron chi connectivity index (χ2n) is 6.50. The Balaban J connectivity index is 1.84. The molecule has 0 amide bonds. The van der Waals surface area contributed by atoms with E-state index in [0.29, 0.717) is 11.5 Å². The predicted molar refractivity (Wildman–Crippen MR) is 123 cm³/mol. The summed E-state index contributed by atoms with van der Waals surface area (Å²) in [6.45, 7) is 0. The Morgan fingerprint density at radius 2 is 0.933 bits per heavy atom. The Hall–Kier alpha value is -3.66. The average molecular weight is 402 g/mol. The van der Waals surface area contributed by atoms with Crippen LogP contribution in [-0.2, 0) is 0 Å². The van der Waals surface area contributed by atoms with Crippen LogP contribution in [0.3, 0.4) is 0 Å². The molecule has 0 unspecified atom stereocenters. The highest BCUT2D eigenvalue weighted by atomic mass is 16.5. The maximum atomic E-state index is 5.50. The van der Waals surface area contributed by atoms with E-state index in [1.54, 1.807) is 28.4 Å². The molecule has 0 saturated carbocycles. The Labute approximate surface area is 178 Å². The van der Waals surface area contributed by atoms with Crippen molar-refractivity contribution < 1.29 is 18.9 Å². The van der Waals surface area contributed by atoms with E-state index in [1.165, 1.54) is 0 Å². The highest BCUT2D eigenvalue weighted by molar-refractivity contribution is 5.78. The Morgan fingerprint density at radius 1 is 0.500 bits per heavy atom. The third-order valence-corrected chi connectivity index (χ3v) is 4.69. The maximum absolute atomic E-state index is 5.50. The van der Waals surface area contributed by atoms with Gasteiger partial charge in [-0.05, 0) is 29.3 Å². The van der Waals surface area contributed by atoms with Crippen LogP contribution >= 0.6 is 0 Å². The Morgan fingerprint density at radius 3 is 1.33 bits per heavy atom. The molecule has 4 nitrogen and oxygen atoms in total. The topological polar surface area (TPSA) is 36.9 Å². The number of hydrogen-bond donors (Lipinski definition) is 0. The van der Waals surface area contributed by atoms with Gasteiger partial charge in [-0.1, -0.05) is 66.8 Å². The lowest BCUT2D eigenvalue weighted by Gasteiger charge is -2.10. The molecule has 3 rings (SSSR count). The summed E-state index contributed by atoms with van der Waals surface area (Å²) < 4.78 is 21.7. The van der Waals surface area contributed by atoms with Crippen molar-refractivity contribution in [3.8, 4) is 23.0 Å². The van der Waals surface area contributed by atoms with E-state index in [2.05, 4.69) is 30.4 Å². The zero-order chi connectivity index (χ0) is 21.3. The first kappa shape index (κ1) is 21.1. The molecule has 0 atom stereocenters. The first-order valence-electron chi connectivity index (χ1n) is 9.58. The van der Waals surface area contributed by atoms with Crippen LogP contribution in [0.4, 0.5) is 0 Å². The van der Waals surface area contributed by atoms with Crippen LogP contribution in [0.5, 0.6) is 23.0 Å². The molecule has 0 saturated heterocycles. The van der Waals surface area contributed by atoms with Crippen molar-refractivity contribution in [1.82, 2.24) is 0 Å². The Bertz CT molecular complexity index is 970. The minimum atomic E-state index is 0.712. The van der Waals surface area contributed by atoms with Crippen LogP contribution in [0.25, 0.3) is 24.3 Å². The second-order valence-corrected chi connectivity index (χ2v) is 6.50. The smallest absolute Gasteiger partial charge is 0.167 e. The van der Waals surface area contributed by atoms with E-state index in [0.717, 1.165) is 33.8 Å². The molecule has 0 radical (unpaired) electrons. The second kappa shape index (κ2) is 10.2. The van der Waals surface area contributed by atoms with Crippen LogP contribution in [0.2, 0.25) is 0 Å². The highest BCUT2D eigenvalue weighted by Gasteiger charge is 2.07. The van der Waals surface area contributed by atoms with Gasteiger partial charge in [-0.3, -0.25) is 0 Å². The minimum Gasteiger partial charge on any atom is -0.493 e. The fraction of sp³-hybridized carbons (Fsp3) is 0.154. The van der Waals surface area contributed by atoms with E-state index in [9.17, 15) is 0 Å². The number of hydrogen-bond acceptors (Lipinski definition) is 4. The lowest BCUT2D eigenvalue weighted by Crippen LogP contribution is -1.92. The molecule has 30 heavy (non-hydrogen) atoms. The largest absolute Gasteiger partial charge is 0.493 e. The van der Waals surface area contributed by atoms with Gasteiger partial charge in [0, 0.05) is 11.1 Å². The van der Waals surface area contributed by atoms with Crippen LogP contribution < -0.4 is 18.9 Å². The first-order chi connectivity index (χ1) is 14.7. The third-order valence-electron chi connectivity index (χ3n) is 4.69. The number of para-hydroxylation sites is 2. The van der Waals surface area contributed by atoms with E-state index in [-0.39, 0.29) is 0 Å². The van der Waals surface area contributed by atoms with Gasteiger partial charge in [-0.15, -0.1) is 0 Å². The maximum Gasteiger partial charge on any atom is 0.167 e. The van der Waals surface area contributed by atoms with Gasteiger partial charge in [-0.2, -0.15) is 0 Å². The summed E-state index contributed by atoms with van der Waals surface area (Å²) in [6, 6.07) is 19.9. The molecule has 3 aromatic carbocycles. The molecule has 0 aliphatic rings. The van der Waals surface area contributed by atoms with Crippen molar-refractivity contribution in [2.24, 2.45) is 0 Å². The summed E-state index contributed by atoms with van der Waals surface area (Å²) in [4.78, 5) is 0. The number of rotatable bonds is 8. The minimum absolute atomic E-state index is 0.712. The number of methoxy groups -OCH3 is 4. The van der Waals surface area contributed by atoms with Crippen molar-refractivity contribution in [3.63, 3.8) is 0 Å². The van der Waals surface area contributed by atoms with Crippen molar-refractivity contribution in [2.75, 3.05) is 28.4 Å². The zero-order valence-corrected chi connectivity index (χ0v) is 17.7. The fourth-order valence-corrected chi connectivity index (χ4v) is 3.22. The first-order valence-corrected chi connectivity index (χ1v) is 9.58. The van der Waals surface area contributed by atoms with Crippen molar-refractivity contribution in [1.29, 1.82) is 0 Å². The molecule has 0 spiro atoms. The summed E-state index contributed by atoms with van der Waals surface area (Å²) in [6.07, 6.45) is 8.16. The van der Waals surface area contributed by atoms with Crippen molar-refractivity contribution in [3.05, 3.63) is 82.9 Å². The van der Waals surface area contributed by atoms with E-state index >= 15 is 0 Å². The summed E-state index contributed by atoms with van der Waals surface area (Å²) in [5.41, 5.74) is 4.08. The van der Waals surface area contributed by atoms with Gasteiger partial charge >= 0.3 is 0 Å². The van der Waals surface area contributed by atoms with Crippen molar-refractivity contribution >= 4 is 24.3 Å². The summed E-state index contributed by atoms with van der Waals surface area (Å²) >= 11 is 0. The van der Waals surface area contributed by atoms with Crippen LogP contribution in [0.1, 0.15) is 22.3 Å². The van der Waals surface area contributed by atoms with Gasteiger partial charge in [0.05, 0.1) is 28.4 Å². The molecule has 154 valence electrons. The average Bonchev–Trinajstić information content (AvgIpc) is 2.80. The third kappa shape index (κ3) is 4.84. The SMILES string of the molecule is COc1cccc(/C=C\c2cccc(/C=C/c3cccc(OC)c3OC)c2)c1OC. The number of ether oxygens (including phenoxy) is 4. The molecule has 0 heterocycles. The normalized spacial score (nSPS) is 11.1. The summed E-state index contributed by atoms with van der Waals surface area (Å²) in [7, 11) is 6.57. The molecule has 0 aromatic heterocycles. The molecule has 4 heteroatoms. The van der Waals surface area contributed by atoms with Gasteiger partial charge in [0.1, 0.15) is 0 Å². The van der Waals surface area contributed by atoms with Crippen molar-refractivity contribution in [2.45, 2.75) is 0 Å². The molecular formula is C26H26O4. The van der Waals surface area contributed by atoms with Gasteiger partial charge < -0.3 is 18.9 Å². The molecule has 3 aromatic rings. The van der Waals surface area contributed by atoms with Gasteiger partial charge in [0.15, 0.2) is 23.0 Å². The Kier molecular flexibility index (Phi) is 7.17. The molecule has 0 bridgehead atoms. The van der Waals surface area contributed by atoms with Crippen LogP contribution in [-0.4, -0.2) is 28.4 Å². The standard InChI is InChI=1S/C26H26O4/c1-27-23-12-6-10-21(25(23)29-3)16-14-19-8-5-9-20(18-19)15-17-22-11-7-13-24(28-2)26(22)30-4/h5-18H,1-4H3/b16-14-,17-15+. The molecular weight excluding hydrogens is 376 g/mol. The van der Waals surface area contributed by atoms with E-state index < -0.39 is 0 Å². The van der Waals surface area contributed by atoms with E-state index in [4.69, 9.17) is 18.9 Å². The molecule has 0 aliphatic carbocycles. The fourth-order valence-electron chi connectivity index (χ4n) is 3.22. The van der Waals surface area contributed by atoms with Crippen LogP contribution in [0.15, 0.2) is 60.7 Å².